The van der Waals surface area contributed by atoms with Gasteiger partial charge in [0.05, 0.1) is 20.8 Å². The van der Waals surface area contributed by atoms with Gasteiger partial charge in [-0.1, -0.05) is 32.9 Å². The van der Waals surface area contributed by atoms with Gasteiger partial charge in [-0.3, -0.25) is 4.79 Å². The van der Waals surface area contributed by atoms with E-state index in [1.165, 1.54) is 13.2 Å². The second-order valence-electron chi connectivity index (χ2n) is 9.88. The number of benzene rings is 1. The van der Waals surface area contributed by atoms with Crippen molar-refractivity contribution >= 4 is 16.8 Å². The number of carbonyl (C=O) groups excluding carboxylic acids is 1. The van der Waals surface area contributed by atoms with Crippen molar-refractivity contribution in [3.63, 3.8) is 0 Å². The molecule has 6 heteroatoms. The molecular formula is C26H32O6. The first-order valence-electron chi connectivity index (χ1n) is 11.2. The maximum Gasteiger partial charge on any atom is 0.336 e. The lowest BCUT2D eigenvalue weighted by atomic mass is 9.47. The Morgan fingerprint density at radius 1 is 1.09 bits per heavy atom. The lowest BCUT2D eigenvalue weighted by Gasteiger charge is -2.56. The average Bonchev–Trinajstić information content (AvgIpc) is 2.75. The average molecular weight is 441 g/mol. The Bertz CT molecular complexity index is 1130. The first-order chi connectivity index (χ1) is 15.1. The number of hydrogen-bond acceptors (Lipinski definition) is 6. The van der Waals surface area contributed by atoms with Crippen LogP contribution in [0, 0.1) is 22.7 Å². The molecule has 1 aromatic heterocycles. The zero-order valence-electron chi connectivity index (χ0n) is 19.6. The third kappa shape index (κ3) is 3.40. The molecule has 2 saturated carbocycles. The largest absolute Gasteiger partial charge is 0.493 e. The molecule has 2 aliphatic rings. The van der Waals surface area contributed by atoms with Crippen LogP contribution in [-0.2, 0) is 4.79 Å². The summed E-state index contributed by atoms with van der Waals surface area (Å²) in [4.78, 5) is 24.5. The minimum atomic E-state index is -0.461. The van der Waals surface area contributed by atoms with E-state index in [9.17, 15) is 9.59 Å². The number of hydrogen-bond donors (Lipinski definition) is 0. The number of rotatable bonds is 5. The van der Waals surface area contributed by atoms with Crippen LogP contribution in [0.4, 0.5) is 0 Å². The monoisotopic (exact) mass is 440 g/mol. The molecule has 1 aromatic carbocycles. The van der Waals surface area contributed by atoms with Gasteiger partial charge < -0.3 is 18.6 Å². The summed E-state index contributed by atoms with van der Waals surface area (Å²) in [7, 11) is 3.08. The van der Waals surface area contributed by atoms with E-state index in [2.05, 4.69) is 27.4 Å². The van der Waals surface area contributed by atoms with Crippen molar-refractivity contribution in [3.05, 3.63) is 40.8 Å². The molecule has 0 spiro atoms. The van der Waals surface area contributed by atoms with Crippen molar-refractivity contribution in [3.8, 4) is 17.2 Å². The van der Waals surface area contributed by atoms with Gasteiger partial charge in [0.1, 0.15) is 5.78 Å². The topological polar surface area (TPSA) is 75.0 Å². The highest BCUT2D eigenvalue weighted by molar-refractivity contribution is 5.88. The van der Waals surface area contributed by atoms with Crippen LogP contribution in [0.15, 0.2) is 39.6 Å². The highest BCUT2D eigenvalue weighted by Crippen LogP contribution is 2.60. The van der Waals surface area contributed by atoms with Crippen molar-refractivity contribution in [2.24, 2.45) is 22.7 Å². The normalized spacial score (nSPS) is 27.2. The van der Waals surface area contributed by atoms with Gasteiger partial charge >= 0.3 is 5.63 Å². The molecule has 32 heavy (non-hydrogen) atoms. The lowest BCUT2D eigenvalue weighted by molar-refractivity contribution is -0.145. The van der Waals surface area contributed by atoms with E-state index in [1.807, 2.05) is 0 Å². The first-order valence-corrected chi connectivity index (χ1v) is 11.2. The fourth-order valence-electron chi connectivity index (χ4n) is 6.06. The zero-order valence-corrected chi connectivity index (χ0v) is 19.6. The van der Waals surface area contributed by atoms with Gasteiger partial charge in [-0.15, -0.1) is 0 Å². The second kappa shape index (κ2) is 7.98. The summed E-state index contributed by atoms with van der Waals surface area (Å²) < 4.78 is 22.9. The summed E-state index contributed by atoms with van der Waals surface area (Å²) in [5, 5.41) is 0.687. The summed E-state index contributed by atoms with van der Waals surface area (Å²) in [5.41, 5.74) is 0.576. The van der Waals surface area contributed by atoms with E-state index in [4.69, 9.17) is 18.6 Å². The Labute approximate surface area is 188 Å². The van der Waals surface area contributed by atoms with E-state index in [-0.39, 0.29) is 22.7 Å². The van der Waals surface area contributed by atoms with Gasteiger partial charge in [-0.05, 0) is 42.7 Å². The van der Waals surface area contributed by atoms with Crippen molar-refractivity contribution < 1.29 is 23.4 Å². The highest BCUT2D eigenvalue weighted by atomic mass is 16.5. The summed E-state index contributed by atoms with van der Waals surface area (Å²) in [5.74, 6) is 1.95. The molecular weight excluding hydrogens is 408 g/mol. The quantitative estimate of drug-likeness (QED) is 0.472. The number of ether oxygens (including phenoxy) is 3. The van der Waals surface area contributed by atoms with Gasteiger partial charge in [0, 0.05) is 29.2 Å². The predicted molar refractivity (Wildman–Crippen MR) is 123 cm³/mol. The molecule has 0 amide bonds. The summed E-state index contributed by atoms with van der Waals surface area (Å²) in [6, 6.07) is 4.81. The van der Waals surface area contributed by atoms with E-state index >= 15 is 0 Å². The minimum absolute atomic E-state index is 0.0847. The molecule has 2 fully saturated rings. The molecule has 0 radical (unpaired) electrons. The van der Waals surface area contributed by atoms with Gasteiger partial charge in [-0.2, -0.15) is 0 Å². The molecule has 0 N–H and O–H groups in total. The Morgan fingerprint density at radius 3 is 2.53 bits per heavy atom. The van der Waals surface area contributed by atoms with Crippen molar-refractivity contribution in [1.82, 2.24) is 0 Å². The van der Waals surface area contributed by atoms with Crippen LogP contribution in [-0.4, -0.2) is 26.6 Å². The van der Waals surface area contributed by atoms with Crippen LogP contribution in [0.5, 0.6) is 17.2 Å². The van der Waals surface area contributed by atoms with E-state index in [0.717, 1.165) is 24.8 Å². The van der Waals surface area contributed by atoms with Crippen LogP contribution >= 0.6 is 0 Å². The molecule has 0 unspecified atom stereocenters. The number of Topliss-reactive ketones (excluding diaryl/α,β-unsaturated/α-hetero) is 1. The first kappa shape index (κ1) is 22.4. The van der Waals surface area contributed by atoms with Gasteiger partial charge in [0.2, 0.25) is 11.5 Å². The Balaban J connectivity index is 1.71. The fourth-order valence-corrected chi connectivity index (χ4v) is 6.06. The second-order valence-corrected chi connectivity index (χ2v) is 9.88. The molecule has 1 heterocycles. The van der Waals surface area contributed by atoms with Crippen LogP contribution in [0.25, 0.3) is 11.0 Å². The number of carbonyl (C=O) groups is 1. The lowest BCUT2D eigenvalue weighted by Crippen LogP contribution is -2.54. The molecule has 4 rings (SSSR count). The van der Waals surface area contributed by atoms with Crippen molar-refractivity contribution in [2.45, 2.75) is 46.5 Å². The molecule has 2 aliphatic carbocycles. The maximum atomic E-state index is 12.7. The standard InChI is InChI=1S/C26H32O6/c1-15-7-9-19-25(2,3)20(27)11-12-26(19,4)17(15)14-31-23-18(29-5)13-16-8-10-21(28)32-22(16)24(23)30-6/h8,10,13,17,19H,1,7,9,11-12,14H2,2-6H3/t17-,19+,26-/m0/s1. The van der Waals surface area contributed by atoms with E-state index in [1.54, 1.807) is 19.2 Å². The van der Waals surface area contributed by atoms with E-state index in [0.29, 0.717) is 47.0 Å². The van der Waals surface area contributed by atoms with Gasteiger partial charge in [-0.25, -0.2) is 4.79 Å². The number of fused-ring (bicyclic) bond motifs is 2. The Hall–Kier alpha value is -2.76. The third-order valence-corrected chi connectivity index (χ3v) is 7.92. The molecule has 0 bridgehead atoms. The summed E-state index contributed by atoms with van der Waals surface area (Å²) in [6.07, 6.45) is 3.26. The van der Waals surface area contributed by atoms with Crippen LogP contribution in [0.1, 0.15) is 46.5 Å². The fraction of sp³-hybridized carbons (Fsp3) is 0.538. The molecule has 0 saturated heterocycles. The van der Waals surface area contributed by atoms with Gasteiger partial charge in [0.25, 0.3) is 0 Å². The molecule has 172 valence electrons. The van der Waals surface area contributed by atoms with Crippen LogP contribution in [0.3, 0.4) is 0 Å². The molecule has 6 nitrogen and oxygen atoms in total. The highest BCUT2D eigenvalue weighted by Gasteiger charge is 2.56. The van der Waals surface area contributed by atoms with Crippen LogP contribution in [0.2, 0.25) is 0 Å². The van der Waals surface area contributed by atoms with Crippen molar-refractivity contribution in [1.29, 1.82) is 0 Å². The SMILES string of the molecule is C=C1CC[C@@H]2C(C)(C)C(=O)CC[C@@]2(C)[C@H]1COc1c(OC)cc2ccc(=O)oc2c1OC. The zero-order chi connectivity index (χ0) is 23.3. The summed E-state index contributed by atoms with van der Waals surface area (Å²) >= 11 is 0. The van der Waals surface area contributed by atoms with Gasteiger partial charge in [0.15, 0.2) is 11.3 Å². The minimum Gasteiger partial charge on any atom is -0.493 e. The smallest absolute Gasteiger partial charge is 0.336 e. The van der Waals surface area contributed by atoms with Crippen LogP contribution < -0.4 is 19.8 Å². The molecule has 2 aromatic rings. The van der Waals surface area contributed by atoms with E-state index < -0.39 is 5.63 Å². The predicted octanol–water partition coefficient (Wildman–Crippen LogP) is 5.17. The Morgan fingerprint density at radius 2 is 1.84 bits per heavy atom. The number of ketones is 1. The summed E-state index contributed by atoms with van der Waals surface area (Å²) in [6.45, 7) is 11.2. The Kier molecular flexibility index (Phi) is 5.60. The third-order valence-electron chi connectivity index (χ3n) is 7.92. The maximum absolute atomic E-state index is 12.7. The number of methoxy groups -OCH3 is 2. The molecule has 0 aliphatic heterocycles. The molecule has 3 atom stereocenters. The van der Waals surface area contributed by atoms with Crippen molar-refractivity contribution in [2.75, 3.05) is 20.8 Å².